The summed E-state index contributed by atoms with van der Waals surface area (Å²) >= 11 is 5.98. The molecule has 134 valence electrons. The summed E-state index contributed by atoms with van der Waals surface area (Å²) in [6.45, 7) is 5.45. The van der Waals surface area contributed by atoms with Crippen molar-refractivity contribution in [2.75, 3.05) is 19.6 Å². The van der Waals surface area contributed by atoms with Crippen molar-refractivity contribution < 1.29 is 4.42 Å². The number of halogens is 1. The summed E-state index contributed by atoms with van der Waals surface area (Å²) in [5.74, 6) is 1.55. The third kappa shape index (κ3) is 3.65. The number of hydrogen-bond acceptors (Lipinski definition) is 5. The van der Waals surface area contributed by atoms with Crippen LogP contribution in [-0.4, -0.2) is 34.5 Å². The van der Waals surface area contributed by atoms with Gasteiger partial charge in [0.1, 0.15) is 0 Å². The van der Waals surface area contributed by atoms with Crippen LogP contribution in [0.4, 0.5) is 0 Å². The van der Waals surface area contributed by atoms with Gasteiger partial charge in [0.2, 0.25) is 5.89 Å². The van der Waals surface area contributed by atoms with E-state index in [-0.39, 0.29) is 6.04 Å². The van der Waals surface area contributed by atoms with Crippen LogP contribution >= 0.6 is 11.6 Å². The molecule has 26 heavy (non-hydrogen) atoms. The molecule has 1 aromatic carbocycles. The lowest BCUT2D eigenvalue weighted by molar-refractivity contribution is 0.140. The van der Waals surface area contributed by atoms with E-state index in [2.05, 4.69) is 26.3 Å². The number of piperazine rings is 1. The number of pyridine rings is 1. The molecule has 0 aliphatic carbocycles. The standard InChI is InChI=1S/C20H21ClN4O/c1-14-20(15-4-6-17(21)7-5-15)26-19(24-14)13-25-10-9-23-12-18(25)16-3-2-8-22-11-16/h2-8,11,18,23H,9-10,12-13H2,1H3. The van der Waals surface area contributed by atoms with Crippen LogP contribution < -0.4 is 5.32 Å². The molecule has 3 heterocycles. The molecule has 0 radical (unpaired) electrons. The van der Waals surface area contributed by atoms with Crippen LogP contribution in [0.25, 0.3) is 11.3 Å². The Morgan fingerprint density at radius 2 is 2.12 bits per heavy atom. The van der Waals surface area contributed by atoms with Crippen molar-refractivity contribution in [2.24, 2.45) is 0 Å². The fourth-order valence-corrected chi connectivity index (χ4v) is 3.53. The molecule has 1 unspecified atom stereocenters. The highest BCUT2D eigenvalue weighted by atomic mass is 35.5. The summed E-state index contributed by atoms with van der Waals surface area (Å²) in [5.41, 5.74) is 3.10. The van der Waals surface area contributed by atoms with Crippen LogP contribution in [0.15, 0.2) is 53.2 Å². The molecule has 1 aliphatic heterocycles. The lowest BCUT2D eigenvalue weighted by atomic mass is 10.1. The molecule has 6 heteroatoms. The van der Waals surface area contributed by atoms with Crippen molar-refractivity contribution in [3.05, 3.63) is 71.0 Å². The first-order chi connectivity index (χ1) is 12.7. The van der Waals surface area contributed by atoms with Crippen molar-refractivity contribution in [1.82, 2.24) is 20.2 Å². The van der Waals surface area contributed by atoms with E-state index in [0.29, 0.717) is 11.6 Å². The van der Waals surface area contributed by atoms with Gasteiger partial charge in [-0.25, -0.2) is 4.98 Å². The average Bonchev–Trinajstić information content (AvgIpc) is 3.04. The highest BCUT2D eigenvalue weighted by Gasteiger charge is 2.26. The first-order valence-corrected chi connectivity index (χ1v) is 9.15. The third-order valence-electron chi connectivity index (χ3n) is 4.71. The van der Waals surface area contributed by atoms with E-state index in [9.17, 15) is 0 Å². The Kier molecular flexibility index (Phi) is 5.02. The van der Waals surface area contributed by atoms with Crippen LogP contribution in [0.1, 0.15) is 23.2 Å². The maximum absolute atomic E-state index is 6.10. The van der Waals surface area contributed by atoms with E-state index in [1.807, 2.05) is 43.5 Å². The van der Waals surface area contributed by atoms with Gasteiger partial charge in [-0.2, -0.15) is 0 Å². The van der Waals surface area contributed by atoms with Crippen molar-refractivity contribution in [2.45, 2.75) is 19.5 Å². The van der Waals surface area contributed by atoms with E-state index in [0.717, 1.165) is 42.5 Å². The summed E-state index contributed by atoms with van der Waals surface area (Å²) in [6, 6.07) is 12.0. The van der Waals surface area contributed by atoms with Gasteiger partial charge < -0.3 is 9.73 Å². The van der Waals surface area contributed by atoms with Crippen molar-refractivity contribution in [1.29, 1.82) is 0 Å². The molecule has 3 aromatic rings. The van der Waals surface area contributed by atoms with Crippen molar-refractivity contribution in [3.8, 4) is 11.3 Å². The summed E-state index contributed by atoms with van der Waals surface area (Å²) in [5, 5.41) is 4.18. The zero-order chi connectivity index (χ0) is 17.9. The minimum absolute atomic E-state index is 0.267. The fraction of sp³-hybridized carbons (Fsp3) is 0.300. The monoisotopic (exact) mass is 368 g/mol. The summed E-state index contributed by atoms with van der Waals surface area (Å²) in [4.78, 5) is 11.3. The smallest absolute Gasteiger partial charge is 0.209 e. The maximum Gasteiger partial charge on any atom is 0.209 e. The molecule has 5 nitrogen and oxygen atoms in total. The second-order valence-corrected chi connectivity index (χ2v) is 6.94. The van der Waals surface area contributed by atoms with Crippen LogP contribution in [0, 0.1) is 6.92 Å². The molecule has 1 atom stereocenters. The fourth-order valence-electron chi connectivity index (χ4n) is 3.40. The topological polar surface area (TPSA) is 54.2 Å². The number of aromatic nitrogens is 2. The molecule has 1 fully saturated rings. The normalized spacial score (nSPS) is 18.2. The molecule has 1 saturated heterocycles. The number of nitrogens with zero attached hydrogens (tertiary/aromatic N) is 3. The number of rotatable bonds is 4. The number of hydrogen-bond donors (Lipinski definition) is 1. The Bertz CT molecular complexity index is 863. The lowest BCUT2D eigenvalue weighted by Crippen LogP contribution is -2.45. The first kappa shape index (κ1) is 17.2. The molecule has 0 amide bonds. The largest absolute Gasteiger partial charge is 0.439 e. The van der Waals surface area contributed by atoms with Crippen LogP contribution in [0.5, 0.6) is 0 Å². The Morgan fingerprint density at radius 3 is 2.88 bits per heavy atom. The SMILES string of the molecule is Cc1nc(CN2CCNCC2c2cccnc2)oc1-c1ccc(Cl)cc1. The Morgan fingerprint density at radius 1 is 1.27 bits per heavy atom. The summed E-state index contributed by atoms with van der Waals surface area (Å²) in [6.07, 6.45) is 3.74. The Balaban J connectivity index is 1.56. The lowest BCUT2D eigenvalue weighted by Gasteiger charge is -2.35. The number of nitrogens with one attached hydrogen (secondary N) is 1. The second-order valence-electron chi connectivity index (χ2n) is 6.51. The number of aryl methyl sites for hydroxylation is 1. The zero-order valence-corrected chi connectivity index (χ0v) is 15.4. The van der Waals surface area contributed by atoms with Gasteiger partial charge in [-0.1, -0.05) is 17.7 Å². The van der Waals surface area contributed by atoms with E-state index in [1.54, 1.807) is 6.20 Å². The quantitative estimate of drug-likeness (QED) is 0.758. The van der Waals surface area contributed by atoms with Gasteiger partial charge in [-0.05, 0) is 42.8 Å². The Hall–Kier alpha value is -2.21. The molecule has 1 aliphatic rings. The predicted molar refractivity (Wildman–Crippen MR) is 102 cm³/mol. The molecule has 1 N–H and O–H groups in total. The van der Waals surface area contributed by atoms with Gasteiger partial charge in [-0.15, -0.1) is 0 Å². The van der Waals surface area contributed by atoms with Crippen LogP contribution in [0.2, 0.25) is 5.02 Å². The van der Waals surface area contributed by atoms with Crippen molar-refractivity contribution in [3.63, 3.8) is 0 Å². The molecule has 0 spiro atoms. The molecular formula is C20H21ClN4O. The molecule has 4 rings (SSSR count). The van der Waals surface area contributed by atoms with E-state index >= 15 is 0 Å². The molecule has 2 aromatic heterocycles. The van der Waals surface area contributed by atoms with Crippen LogP contribution in [-0.2, 0) is 6.54 Å². The number of oxazole rings is 1. The van der Waals surface area contributed by atoms with Gasteiger partial charge in [-0.3, -0.25) is 9.88 Å². The summed E-state index contributed by atoms with van der Waals surface area (Å²) in [7, 11) is 0. The van der Waals surface area contributed by atoms with Gasteiger partial charge in [0, 0.05) is 48.7 Å². The van der Waals surface area contributed by atoms with Gasteiger partial charge in [0.15, 0.2) is 5.76 Å². The zero-order valence-electron chi connectivity index (χ0n) is 14.7. The number of benzene rings is 1. The highest BCUT2D eigenvalue weighted by molar-refractivity contribution is 6.30. The van der Waals surface area contributed by atoms with E-state index < -0.39 is 0 Å². The maximum atomic E-state index is 6.10. The predicted octanol–water partition coefficient (Wildman–Crippen LogP) is 3.84. The molecule has 0 bridgehead atoms. The van der Waals surface area contributed by atoms with Crippen molar-refractivity contribution >= 4 is 11.6 Å². The third-order valence-corrected chi connectivity index (χ3v) is 4.96. The second kappa shape index (κ2) is 7.58. The summed E-state index contributed by atoms with van der Waals surface area (Å²) < 4.78 is 6.10. The van der Waals surface area contributed by atoms with Gasteiger partial charge in [0.05, 0.1) is 12.2 Å². The van der Waals surface area contributed by atoms with Gasteiger partial charge >= 0.3 is 0 Å². The van der Waals surface area contributed by atoms with Crippen LogP contribution in [0.3, 0.4) is 0 Å². The van der Waals surface area contributed by atoms with Gasteiger partial charge in [0.25, 0.3) is 0 Å². The highest BCUT2D eigenvalue weighted by Crippen LogP contribution is 2.28. The Labute approximate surface area is 158 Å². The van der Waals surface area contributed by atoms with E-state index in [4.69, 9.17) is 16.0 Å². The van der Waals surface area contributed by atoms with E-state index in [1.165, 1.54) is 5.56 Å². The first-order valence-electron chi connectivity index (χ1n) is 8.77. The minimum Gasteiger partial charge on any atom is -0.439 e. The average molecular weight is 369 g/mol. The minimum atomic E-state index is 0.267. The molecular weight excluding hydrogens is 348 g/mol. The molecule has 0 saturated carbocycles.